The summed E-state index contributed by atoms with van der Waals surface area (Å²) in [6.07, 6.45) is 1.41. The Morgan fingerprint density at radius 2 is 2.29 bits per heavy atom. The predicted octanol–water partition coefficient (Wildman–Crippen LogP) is 0.374. The predicted molar refractivity (Wildman–Crippen MR) is 68.0 cm³/mol. The van der Waals surface area contributed by atoms with Crippen LogP contribution in [0.25, 0.3) is 0 Å². The van der Waals surface area contributed by atoms with Crippen LogP contribution in [0.5, 0.6) is 0 Å². The fourth-order valence-corrected chi connectivity index (χ4v) is 1.78. The van der Waals surface area contributed by atoms with Crippen LogP contribution in [0, 0.1) is 0 Å². The molecule has 0 saturated heterocycles. The summed E-state index contributed by atoms with van der Waals surface area (Å²) >= 11 is 0. The van der Waals surface area contributed by atoms with E-state index in [0.717, 1.165) is 17.9 Å². The molecule has 0 bridgehead atoms. The van der Waals surface area contributed by atoms with Crippen LogP contribution in [0.3, 0.4) is 0 Å². The Balaban J connectivity index is 2.80. The van der Waals surface area contributed by atoms with E-state index in [1.54, 1.807) is 11.8 Å². The summed E-state index contributed by atoms with van der Waals surface area (Å²) < 4.78 is 6.83. The molecule has 1 unspecified atom stereocenters. The summed E-state index contributed by atoms with van der Waals surface area (Å²) in [6.45, 7) is 2.65. The standard InChI is InChI=1S/C11H22N4O2/c1-4-9-10(12)11(15(2)14-9)13-8(5-6-16)7-17-3/h8,13,16H,4-7,12H2,1-3H3. The highest BCUT2D eigenvalue weighted by Gasteiger charge is 2.15. The quantitative estimate of drug-likeness (QED) is 0.643. The number of nitrogens with two attached hydrogens (primary N) is 1. The number of nitrogens with zero attached hydrogens (tertiary/aromatic N) is 2. The molecular weight excluding hydrogens is 220 g/mol. The monoisotopic (exact) mass is 242 g/mol. The summed E-state index contributed by atoms with van der Waals surface area (Å²) in [6, 6.07) is 0.0346. The van der Waals surface area contributed by atoms with E-state index in [0.29, 0.717) is 18.7 Å². The molecule has 1 heterocycles. The maximum Gasteiger partial charge on any atom is 0.148 e. The molecule has 0 aliphatic rings. The van der Waals surface area contributed by atoms with Gasteiger partial charge in [-0.3, -0.25) is 4.68 Å². The van der Waals surface area contributed by atoms with Gasteiger partial charge in [-0.05, 0) is 12.8 Å². The molecule has 0 aliphatic carbocycles. The van der Waals surface area contributed by atoms with E-state index >= 15 is 0 Å². The van der Waals surface area contributed by atoms with Gasteiger partial charge in [0.25, 0.3) is 0 Å². The summed E-state index contributed by atoms with van der Waals surface area (Å²) in [5.74, 6) is 0.789. The molecular formula is C11H22N4O2. The molecule has 1 rings (SSSR count). The van der Waals surface area contributed by atoms with Gasteiger partial charge in [-0.2, -0.15) is 5.10 Å². The Labute approximate surface area is 102 Å². The van der Waals surface area contributed by atoms with Gasteiger partial charge in [0.05, 0.1) is 24.0 Å². The molecule has 0 aliphatic heterocycles. The number of methoxy groups -OCH3 is 1. The Hall–Kier alpha value is -1.27. The number of aliphatic hydroxyl groups excluding tert-OH is 1. The summed E-state index contributed by atoms with van der Waals surface area (Å²) in [5.41, 5.74) is 7.57. The van der Waals surface area contributed by atoms with Crippen LogP contribution in [0.15, 0.2) is 0 Å². The van der Waals surface area contributed by atoms with Crippen molar-refractivity contribution in [1.82, 2.24) is 9.78 Å². The maximum atomic E-state index is 8.98. The van der Waals surface area contributed by atoms with Crippen LogP contribution in [0.1, 0.15) is 19.0 Å². The van der Waals surface area contributed by atoms with Crippen LogP contribution in [-0.2, 0) is 18.2 Å². The van der Waals surface area contributed by atoms with Crippen LogP contribution in [-0.4, -0.2) is 41.3 Å². The highest BCUT2D eigenvalue weighted by Crippen LogP contribution is 2.23. The Morgan fingerprint density at radius 1 is 1.59 bits per heavy atom. The lowest BCUT2D eigenvalue weighted by Gasteiger charge is -2.18. The number of hydrogen-bond donors (Lipinski definition) is 3. The van der Waals surface area contributed by atoms with E-state index in [1.165, 1.54) is 0 Å². The lowest BCUT2D eigenvalue weighted by atomic mass is 10.2. The third-order valence-corrected chi connectivity index (χ3v) is 2.68. The molecule has 0 aromatic carbocycles. The Morgan fingerprint density at radius 3 is 2.76 bits per heavy atom. The lowest BCUT2D eigenvalue weighted by molar-refractivity contribution is 0.170. The van der Waals surface area contributed by atoms with Crippen molar-refractivity contribution in [3.05, 3.63) is 5.69 Å². The van der Waals surface area contributed by atoms with Crippen LogP contribution < -0.4 is 11.1 Å². The molecule has 0 radical (unpaired) electrons. The average molecular weight is 242 g/mol. The Kier molecular flexibility index (Phi) is 5.24. The first-order chi connectivity index (χ1) is 8.13. The molecule has 0 amide bonds. The largest absolute Gasteiger partial charge is 0.396 e. The van der Waals surface area contributed by atoms with Crippen molar-refractivity contribution in [3.8, 4) is 0 Å². The fraction of sp³-hybridized carbons (Fsp3) is 0.727. The average Bonchev–Trinajstić information content (AvgIpc) is 2.57. The zero-order valence-electron chi connectivity index (χ0n) is 10.7. The number of ether oxygens (including phenoxy) is 1. The first kappa shape index (κ1) is 13.8. The van der Waals surface area contributed by atoms with E-state index < -0.39 is 0 Å². The van der Waals surface area contributed by atoms with Gasteiger partial charge >= 0.3 is 0 Å². The number of anilines is 2. The molecule has 6 heteroatoms. The van der Waals surface area contributed by atoms with Gasteiger partial charge in [0.15, 0.2) is 0 Å². The van der Waals surface area contributed by atoms with Gasteiger partial charge < -0.3 is 20.9 Å². The topological polar surface area (TPSA) is 85.3 Å². The van der Waals surface area contributed by atoms with Gasteiger partial charge in [-0.25, -0.2) is 0 Å². The van der Waals surface area contributed by atoms with Crippen molar-refractivity contribution in [2.45, 2.75) is 25.8 Å². The lowest BCUT2D eigenvalue weighted by Crippen LogP contribution is -2.27. The zero-order chi connectivity index (χ0) is 12.8. The molecule has 0 saturated carbocycles. The van der Waals surface area contributed by atoms with Crippen molar-refractivity contribution in [3.63, 3.8) is 0 Å². The van der Waals surface area contributed by atoms with Gasteiger partial charge in [0, 0.05) is 20.8 Å². The number of aromatic nitrogens is 2. The summed E-state index contributed by atoms with van der Waals surface area (Å²) in [4.78, 5) is 0. The molecule has 17 heavy (non-hydrogen) atoms. The number of nitrogens with one attached hydrogen (secondary N) is 1. The molecule has 4 N–H and O–H groups in total. The second kappa shape index (κ2) is 6.46. The molecule has 0 fully saturated rings. The number of rotatable bonds is 7. The SMILES string of the molecule is CCc1nn(C)c(NC(CCO)COC)c1N. The minimum atomic E-state index is 0.0346. The smallest absolute Gasteiger partial charge is 0.148 e. The molecule has 6 nitrogen and oxygen atoms in total. The summed E-state index contributed by atoms with van der Waals surface area (Å²) in [7, 11) is 3.48. The van der Waals surface area contributed by atoms with Crippen LogP contribution in [0.2, 0.25) is 0 Å². The van der Waals surface area contributed by atoms with E-state index in [2.05, 4.69) is 10.4 Å². The van der Waals surface area contributed by atoms with Crippen molar-refractivity contribution in [2.75, 3.05) is 31.4 Å². The molecule has 98 valence electrons. The molecule has 0 spiro atoms. The number of aryl methyl sites for hydroxylation is 2. The molecule has 1 aromatic rings. The zero-order valence-corrected chi connectivity index (χ0v) is 10.7. The number of hydrogen-bond acceptors (Lipinski definition) is 5. The third kappa shape index (κ3) is 3.34. The molecule has 1 aromatic heterocycles. The number of nitrogen functional groups attached to an aromatic ring is 1. The van der Waals surface area contributed by atoms with E-state index in [1.807, 2.05) is 14.0 Å². The fourth-order valence-electron chi connectivity index (χ4n) is 1.78. The third-order valence-electron chi connectivity index (χ3n) is 2.68. The molecule has 1 atom stereocenters. The van der Waals surface area contributed by atoms with E-state index in [-0.39, 0.29) is 12.6 Å². The van der Waals surface area contributed by atoms with Crippen molar-refractivity contribution < 1.29 is 9.84 Å². The minimum absolute atomic E-state index is 0.0346. The normalized spacial score (nSPS) is 12.7. The van der Waals surface area contributed by atoms with E-state index in [4.69, 9.17) is 15.6 Å². The first-order valence-corrected chi connectivity index (χ1v) is 5.81. The first-order valence-electron chi connectivity index (χ1n) is 5.81. The van der Waals surface area contributed by atoms with Crippen molar-refractivity contribution in [1.29, 1.82) is 0 Å². The Bertz CT molecular complexity index is 345. The van der Waals surface area contributed by atoms with Gasteiger partial charge in [-0.15, -0.1) is 0 Å². The highest BCUT2D eigenvalue weighted by atomic mass is 16.5. The summed E-state index contributed by atoms with van der Waals surface area (Å²) in [5, 5.41) is 16.6. The van der Waals surface area contributed by atoms with Crippen molar-refractivity contribution in [2.24, 2.45) is 7.05 Å². The van der Waals surface area contributed by atoms with Gasteiger partial charge in [0.1, 0.15) is 5.82 Å². The highest BCUT2D eigenvalue weighted by molar-refractivity contribution is 5.65. The van der Waals surface area contributed by atoms with Crippen LogP contribution in [0.4, 0.5) is 11.5 Å². The van der Waals surface area contributed by atoms with Gasteiger partial charge in [0.2, 0.25) is 0 Å². The van der Waals surface area contributed by atoms with E-state index in [9.17, 15) is 0 Å². The van der Waals surface area contributed by atoms with Crippen molar-refractivity contribution >= 4 is 11.5 Å². The second-order valence-corrected chi connectivity index (χ2v) is 4.00. The van der Waals surface area contributed by atoms with Crippen LogP contribution >= 0.6 is 0 Å². The van der Waals surface area contributed by atoms with Gasteiger partial charge in [-0.1, -0.05) is 6.92 Å². The second-order valence-electron chi connectivity index (χ2n) is 4.00. The number of aliphatic hydroxyl groups is 1. The maximum absolute atomic E-state index is 8.98. The minimum Gasteiger partial charge on any atom is -0.396 e.